The quantitative estimate of drug-likeness (QED) is 0.772. The van der Waals surface area contributed by atoms with E-state index < -0.39 is 0 Å². The van der Waals surface area contributed by atoms with Crippen LogP contribution in [0.25, 0.3) is 6.08 Å². The van der Waals surface area contributed by atoms with E-state index in [-0.39, 0.29) is 12.0 Å². The molecule has 1 fully saturated rings. The van der Waals surface area contributed by atoms with Crippen LogP contribution in [-0.2, 0) is 9.53 Å². The van der Waals surface area contributed by atoms with Gasteiger partial charge >= 0.3 is 0 Å². The zero-order valence-corrected chi connectivity index (χ0v) is 14.0. The molecule has 0 spiro atoms. The Bertz CT molecular complexity index is 686. The topological polar surface area (TPSA) is 29.5 Å². The van der Waals surface area contributed by atoms with Gasteiger partial charge in [0.2, 0.25) is 0 Å². The average molecular weight is 321 g/mol. The maximum absolute atomic E-state index is 12.8. The molecule has 1 saturated heterocycles. The molecule has 1 aliphatic rings. The molecule has 0 saturated carbocycles. The van der Waals surface area contributed by atoms with Crippen molar-refractivity contribution in [3.63, 3.8) is 0 Å². The third-order valence-corrected chi connectivity index (χ3v) is 4.24. The number of ether oxygens (including phenoxy) is 1. The molecule has 3 heteroatoms. The van der Waals surface area contributed by atoms with E-state index in [2.05, 4.69) is 6.92 Å². The molecule has 0 radical (unpaired) electrons. The van der Waals surface area contributed by atoms with Crippen molar-refractivity contribution in [3.05, 3.63) is 71.8 Å². The van der Waals surface area contributed by atoms with Gasteiger partial charge in [-0.05, 0) is 43.5 Å². The van der Waals surface area contributed by atoms with Crippen molar-refractivity contribution in [2.24, 2.45) is 0 Å². The Morgan fingerprint density at radius 2 is 1.92 bits per heavy atom. The summed E-state index contributed by atoms with van der Waals surface area (Å²) in [5.41, 5.74) is 3.15. The predicted molar refractivity (Wildman–Crippen MR) is 98.0 cm³/mol. The highest BCUT2D eigenvalue weighted by Crippen LogP contribution is 2.20. The van der Waals surface area contributed by atoms with Gasteiger partial charge in [-0.15, -0.1) is 0 Å². The van der Waals surface area contributed by atoms with Crippen LogP contribution in [0.2, 0.25) is 0 Å². The van der Waals surface area contributed by atoms with E-state index in [9.17, 15) is 4.79 Å². The van der Waals surface area contributed by atoms with Crippen LogP contribution in [0, 0.1) is 6.92 Å². The third-order valence-electron chi connectivity index (χ3n) is 4.24. The molecule has 2 aromatic carbocycles. The monoisotopic (exact) mass is 321 g/mol. The summed E-state index contributed by atoms with van der Waals surface area (Å²) in [6, 6.07) is 17.9. The van der Waals surface area contributed by atoms with Gasteiger partial charge in [0.05, 0.1) is 12.6 Å². The fourth-order valence-electron chi connectivity index (χ4n) is 2.86. The Labute approximate surface area is 143 Å². The lowest BCUT2D eigenvalue weighted by Gasteiger charge is -2.24. The van der Waals surface area contributed by atoms with Crippen LogP contribution >= 0.6 is 0 Å². The first-order chi connectivity index (χ1) is 11.7. The summed E-state index contributed by atoms with van der Waals surface area (Å²) in [7, 11) is 0. The number of hydrogen-bond donors (Lipinski definition) is 0. The number of benzene rings is 2. The van der Waals surface area contributed by atoms with Gasteiger partial charge in [0, 0.05) is 18.4 Å². The molecule has 0 aromatic heterocycles. The molecule has 24 heavy (non-hydrogen) atoms. The first kappa shape index (κ1) is 16.5. The Kier molecular flexibility index (Phi) is 5.44. The van der Waals surface area contributed by atoms with E-state index >= 15 is 0 Å². The summed E-state index contributed by atoms with van der Waals surface area (Å²) in [4.78, 5) is 14.6. The number of carbonyl (C=O) groups is 1. The molecular formula is C21H23NO2. The molecule has 1 amide bonds. The number of nitrogens with zero attached hydrogens (tertiary/aromatic N) is 1. The highest BCUT2D eigenvalue weighted by atomic mass is 16.5. The second-order valence-electron chi connectivity index (χ2n) is 6.16. The highest BCUT2D eigenvalue weighted by molar-refractivity contribution is 6.03. The molecule has 3 rings (SSSR count). The third kappa shape index (κ3) is 4.33. The van der Waals surface area contributed by atoms with Crippen LogP contribution in [0.1, 0.15) is 24.0 Å². The van der Waals surface area contributed by atoms with E-state index in [0.717, 1.165) is 30.7 Å². The number of carbonyl (C=O) groups excluding carboxylic acids is 1. The molecule has 0 N–H and O–H groups in total. The Morgan fingerprint density at radius 1 is 1.17 bits per heavy atom. The van der Waals surface area contributed by atoms with Gasteiger partial charge in [-0.2, -0.15) is 0 Å². The van der Waals surface area contributed by atoms with Crippen LogP contribution in [-0.4, -0.2) is 25.2 Å². The van der Waals surface area contributed by atoms with Crippen molar-refractivity contribution in [3.8, 4) is 0 Å². The smallest absolute Gasteiger partial charge is 0.251 e. The van der Waals surface area contributed by atoms with Gasteiger partial charge in [0.15, 0.2) is 0 Å². The first-order valence-corrected chi connectivity index (χ1v) is 8.45. The summed E-state index contributed by atoms with van der Waals surface area (Å²) < 4.78 is 5.71. The molecule has 124 valence electrons. The summed E-state index contributed by atoms with van der Waals surface area (Å²) in [5.74, 6) is -0.0164. The molecule has 1 aliphatic heterocycles. The van der Waals surface area contributed by atoms with Gasteiger partial charge < -0.3 is 9.64 Å². The van der Waals surface area contributed by atoms with Gasteiger partial charge in [0.1, 0.15) is 0 Å². The fourth-order valence-corrected chi connectivity index (χ4v) is 2.86. The van der Waals surface area contributed by atoms with Crippen LogP contribution in [0.5, 0.6) is 0 Å². The highest BCUT2D eigenvalue weighted by Gasteiger charge is 2.22. The minimum Gasteiger partial charge on any atom is -0.376 e. The summed E-state index contributed by atoms with van der Waals surface area (Å²) in [6.45, 7) is 3.44. The van der Waals surface area contributed by atoms with Gasteiger partial charge in [-0.25, -0.2) is 0 Å². The lowest BCUT2D eigenvalue weighted by molar-refractivity contribution is -0.114. The molecule has 0 bridgehead atoms. The number of hydrogen-bond acceptors (Lipinski definition) is 2. The molecule has 1 unspecified atom stereocenters. The van der Waals surface area contributed by atoms with E-state index in [4.69, 9.17) is 4.74 Å². The number of para-hydroxylation sites is 1. The maximum atomic E-state index is 12.8. The molecule has 1 heterocycles. The SMILES string of the molecule is Cc1ccc(/C=C/C(=O)N(CC2CCCO2)c2ccccc2)cc1. The Morgan fingerprint density at radius 3 is 2.58 bits per heavy atom. The summed E-state index contributed by atoms with van der Waals surface area (Å²) in [5, 5.41) is 0. The van der Waals surface area contributed by atoms with Crippen molar-refractivity contribution in [1.29, 1.82) is 0 Å². The minimum atomic E-state index is -0.0164. The standard InChI is InChI=1S/C21H23NO2/c1-17-9-11-18(12-10-17)13-14-21(23)22(16-20-8-5-15-24-20)19-6-3-2-4-7-19/h2-4,6-7,9-14,20H,5,8,15-16H2,1H3/b14-13+. The Hall–Kier alpha value is -2.39. The van der Waals surface area contributed by atoms with Gasteiger partial charge in [0.25, 0.3) is 5.91 Å². The second-order valence-corrected chi connectivity index (χ2v) is 6.16. The number of rotatable bonds is 5. The lowest BCUT2D eigenvalue weighted by atomic mass is 10.1. The zero-order chi connectivity index (χ0) is 16.8. The van der Waals surface area contributed by atoms with Gasteiger partial charge in [-0.3, -0.25) is 4.79 Å². The van der Waals surface area contributed by atoms with E-state index in [1.807, 2.05) is 60.7 Å². The molecule has 2 aromatic rings. The molecule has 3 nitrogen and oxygen atoms in total. The van der Waals surface area contributed by atoms with Crippen molar-refractivity contribution < 1.29 is 9.53 Å². The second kappa shape index (κ2) is 7.93. The van der Waals surface area contributed by atoms with Crippen LogP contribution in [0.3, 0.4) is 0 Å². The molecule has 0 aliphatic carbocycles. The van der Waals surface area contributed by atoms with Crippen LogP contribution < -0.4 is 4.90 Å². The minimum absolute atomic E-state index is 0.0164. The van der Waals surface area contributed by atoms with Crippen LogP contribution in [0.4, 0.5) is 5.69 Å². The lowest BCUT2D eigenvalue weighted by Crippen LogP contribution is -2.36. The van der Waals surface area contributed by atoms with Crippen molar-refractivity contribution in [2.75, 3.05) is 18.1 Å². The average Bonchev–Trinajstić information content (AvgIpc) is 3.13. The first-order valence-electron chi connectivity index (χ1n) is 8.45. The molecule has 1 atom stereocenters. The zero-order valence-electron chi connectivity index (χ0n) is 14.0. The number of aryl methyl sites for hydroxylation is 1. The molecular weight excluding hydrogens is 298 g/mol. The van der Waals surface area contributed by atoms with E-state index in [1.54, 1.807) is 11.0 Å². The van der Waals surface area contributed by atoms with Crippen molar-refractivity contribution in [2.45, 2.75) is 25.9 Å². The Balaban J connectivity index is 1.76. The summed E-state index contributed by atoms with van der Waals surface area (Å²) >= 11 is 0. The predicted octanol–water partition coefficient (Wildman–Crippen LogP) is 4.22. The summed E-state index contributed by atoms with van der Waals surface area (Å²) in [6.07, 6.45) is 5.72. The normalized spacial score (nSPS) is 17.3. The van der Waals surface area contributed by atoms with Crippen LogP contribution in [0.15, 0.2) is 60.7 Å². The van der Waals surface area contributed by atoms with E-state index in [0.29, 0.717) is 6.54 Å². The fraction of sp³-hybridized carbons (Fsp3) is 0.286. The van der Waals surface area contributed by atoms with Crippen molar-refractivity contribution >= 4 is 17.7 Å². The largest absolute Gasteiger partial charge is 0.376 e. The van der Waals surface area contributed by atoms with Crippen molar-refractivity contribution in [1.82, 2.24) is 0 Å². The maximum Gasteiger partial charge on any atom is 0.251 e. The number of anilines is 1. The van der Waals surface area contributed by atoms with E-state index in [1.165, 1.54) is 5.56 Å². The van der Waals surface area contributed by atoms with Gasteiger partial charge in [-0.1, -0.05) is 48.0 Å². The number of amides is 1.